The van der Waals surface area contributed by atoms with Crippen molar-refractivity contribution < 1.29 is 4.39 Å². The van der Waals surface area contributed by atoms with Gasteiger partial charge in [0, 0.05) is 5.69 Å². The van der Waals surface area contributed by atoms with Crippen molar-refractivity contribution in [1.29, 1.82) is 0 Å². The fourth-order valence-corrected chi connectivity index (χ4v) is 2.74. The molecular formula is C18H20ClFN2S. The number of aryl methyl sites for hydroxylation is 2. The summed E-state index contributed by atoms with van der Waals surface area (Å²) in [4.78, 5) is 0. The van der Waals surface area contributed by atoms with Gasteiger partial charge in [-0.05, 0) is 67.4 Å². The number of nitrogens with one attached hydrogen (secondary N) is 2. The maximum absolute atomic E-state index is 13.2. The second-order valence-corrected chi connectivity index (χ2v) is 6.35. The third kappa shape index (κ3) is 4.66. The predicted octanol–water partition coefficient (Wildman–Crippen LogP) is 5.53. The number of anilines is 1. The van der Waals surface area contributed by atoms with Crippen LogP contribution in [0, 0.1) is 19.7 Å². The van der Waals surface area contributed by atoms with Crippen molar-refractivity contribution in [2.75, 3.05) is 5.32 Å². The number of rotatable bonds is 4. The fourth-order valence-electron chi connectivity index (χ4n) is 2.30. The predicted molar refractivity (Wildman–Crippen MR) is 99.7 cm³/mol. The number of hydrogen-bond acceptors (Lipinski definition) is 1. The summed E-state index contributed by atoms with van der Waals surface area (Å²) in [7, 11) is 0. The van der Waals surface area contributed by atoms with Gasteiger partial charge in [-0.2, -0.15) is 0 Å². The highest BCUT2D eigenvalue weighted by Gasteiger charge is 2.12. The van der Waals surface area contributed by atoms with E-state index in [-0.39, 0.29) is 11.1 Å². The summed E-state index contributed by atoms with van der Waals surface area (Å²) < 4.78 is 13.2. The molecule has 122 valence electrons. The molecule has 0 heterocycles. The molecule has 2 aromatic rings. The molecule has 0 amide bonds. The number of hydrogen-bond donors (Lipinski definition) is 2. The number of thiocarbonyl (C=S) groups is 1. The molecule has 0 bridgehead atoms. The van der Waals surface area contributed by atoms with Gasteiger partial charge < -0.3 is 10.6 Å². The minimum atomic E-state index is -0.447. The van der Waals surface area contributed by atoms with Crippen LogP contribution < -0.4 is 10.6 Å². The Balaban J connectivity index is 2.07. The van der Waals surface area contributed by atoms with Gasteiger partial charge in [-0.25, -0.2) is 4.39 Å². The first-order chi connectivity index (χ1) is 10.9. The summed E-state index contributed by atoms with van der Waals surface area (Å²) in [6.45, 7) is 6.30. The van der Waals surface area contributed by atoms with Gasteiger partial charge in [0.05, 0.1) is 11.1 Å². The van der Waals surface area contributed by atoms with Gasteiger partial charge in [-0.3, -0.25) is 0 Å². The van der Waals surface area contributed by atoms with Gasteiger partial charge in [0.2, 0.25) is 0 Å². The largest absolute Gasteiger partial charge is 0.356 e. The summed E-state index contributed by atoms with van der Waals surface area (Å²) in [5.74, 6) is -0.447. The summed E-state index contributed by atoms with van der Waals surface area (Å²) in [6, 6.07) is 11.0. The van der Waals surface area contributed by atoms with Crippen molar-refractivity contribution in [3.05, 3.63) is 63.9 Å². The molecule has 1 atom stereocenters. The van der Waals surface area contributed by atoms with Crippen LogP contribution in [0.1, 0.15) is 36.1 Å². The van der Waals surface area contributed by atoms with E-state index in [1.165, 1.54) is 28.8 Å². The monoisotopic (exact) mass is 350 g/mol. The van der Waals surface area contributed by atoms with Gasteiger partial charge in [-0.15, -0.1) is 0 Å². The molecule has 5 heteroatoms. The third-order valence-electron chi connectivity index (χ3n) is 3.82. The Bertz CT molecular complexity index is 718. The van der Waals surface area contributed by atoms with E-state index in [1.54, 1.807) is 6.07 Å². The quantitative estimate of drug-likeness (QED) is 0.708. The smallest absolute Gasteiger partial charge is 0.171 e. The molecule has 0 spiro atoms. The van der Waals surface area contributed by atoms with Gasteiger partial charge in [-0.1, -0.05) is 36.7 Å². The highest BCUT2D eigenvalue weighted by molar-refractivity contribution is 7.80. The van der Waals surface area contributed by atoms with Crippen LogP contribution in [0.5, 0.6) is 0 Å². The molecule has 0 saturated heterocycles. The Labute approximate surface area is 147 Å². The summed E-state index contributed by atoms with van der Waals surface area (Å²) in [6.07, 6.45) is 0.897. The topological polar surface area (TPSA) is 24.1 Å². The first-order valence-corrected chi connectivity index (χ1v) is 8.29. The molecule has 2 nitrogen and oxygen atoms in total. The zero-order valence-corrected chi connectivity index (χ0v) is 15.0. The van der Waals surface area contributed by atoms with Crippen molar-refractivity contribution in [3.63, 3.8) is 0 Å². The highest BCUT2D eigenvalue weighted by Crippen LogP contribution is 2.21. The molecule has 0 fully saturated rings. The Morgan fingerprint density at radius 1 is 1.17 bits per heavy atom. The van der Waals surface area contributed by atoms with Crippen LogP contribution in [0.15, 0.2) is 36.4 Å². The standard InChI is InChI=1S/C18H20ClFN2S/c1-4-17(13-6-5-11(2)12(3)9-13)22-18(23)21-14-7-8-16(20)15(19)10-14/h5-10,17H,4H2,1-3H3,(H2,21,22,23)/t17-/m1/s1. The van der Waals surface area contributed by atoms with Crippen molar-refractivity contribution >= 4 is 34.6 Å². The second kappa shape index (κ2) is 7.75. The lowest BCUT2D eigenvalue weighted by atomic mass is 9.99. The zero-order valence-electron chi connectivity index (χ0n) is 13.4. The lowest BCUT2D eigenvalue weighted by Gasteiger charge is -2.21. The molecule has 0 aliphatic heterocycles. The fraction of sp³-hybridized carbons (Fsp3) is 0.278. The molecule has 0 aromatic heterocycles. The van der Waals surface area contributed by atoms with E-state index in [9.17, 15) is 4.39 Å². The number of benzene rings is 2. The van der Waals surface area contributed by atoms with Gasteiger partial charge in [0.15, 0.2) is 5.11 Å². The molecule has 2 rings (SSSR count). The van der Waals surface area contributed by atoms with E-state index in [4.69, 9.17) is 23.8 Å². The summed E-state index contributed by atoms with van der Waals surface area (Å²) in [5.41, 5.74) is 4.37. The molecule has 0 aliphatic carbocycles. The second-order valence-electron chi connectivity index (χ2n) is 5.53. The normalized spacial score (nSPS) is 11.9. The third-order valence-corrected chi connectivity index (χ3v) is 4.33. The first-order valence-electron chi connectivity index (χ1n) is 7.50. The van der Waals surface area contributed by atoms with Crippen molar-refractivity contribution in [2.24, 2.45) is 0 Å². The molecular weight excluding hydrogens is 331 g/mol. The zero-order chi connectivity index (χ0) is 17.0. The van der Waals surface area contributed by atoms with E-state index in [0.717, 1.165) is 6.42 Å². The van der Waals surface area contributed by atoms with Gasteiger partial charge in [0.25, 0.3) is 0 Å². The molecule has 0 radical (unpaired) electrons. The molecule has 0 saturated carbocycles. The van der Waals surface area contributed by atoms with Gasteiger partial charge >= 0.3 is 0 Å². The SMILES string of the molecule is CC[C@@H](NC(=S)Nc1ccc(F)c(Cl)c1)c1ccc(C)c(C)c1. The summed E-state index contributed by atoms with van der Waals surface area (Å²) in [5, 5.41) is 6.89. The molecule has 2 N–H and O–H groups in total. The van der Waals surface area contributed by atoms with Crippen molar-refractivity contribution in [1.82, 2.24) is 5.32 Å². The molecule has 0 aliphatic rings. The van der Waals surface area contributed by atoms with Crippen LogP contribution >= 0.6 is 23.8 Å². The number of halogens is 2. The first kappa shape index (κ1) is 17.7. The Morgan fingerprint density at radius 2 is 1.91 bits per heavy atom. The molecule has 23 heavy (non-hydrogen) atoms. The molecule has 0 unspecified atom stereocenters. The average molecular weight is 351 g/mol. The maximum Gasteiger partial charge on any atom is 0.171 e. The van der Waals surface area contributed by atoms with Crippen LogP contribution in [0.3, 0.4) is 0 Å². The van der Waals surface area contributed by atoms with Crippen LogP contribution in [-0.4, -0.2) is 5.11 Å². The van der Waals surface area contributed by atoms with E-state index in [1.807, 2.05) is 0 Å². The van der Waals surface area contributed by atoms with Crippen LogP contribution in [0.25, 0.3) is 0 Å². The Kier molecular flexibility index (Phi) is 5.97. The van der Waals surface area contributed by atoms with Crippen LogP contribution in [0.2, 0.25) is 5.02 Å². The lowest BCUT2D eigenvalue weighted by Crippen LogP contribution is -2.32. The Hall–Kier alpha value is -1.65. The van der Waals surface area contributed by atoms with Crippen LogP contribution in [-0.2, 0) is 0 Å². The van der Waals surface area contributed by atoms with Crippen LogP contribution in [0.4, 0.5) is 10.1 Å². The highest BCUT2D eigenvalue weighted by atomic mass is 35.5. The van der Waals surface area contributed by atoms with E-state index >= 15 is 0 Å². The van der Waals surface area contributed by atoms with Crippen molar-refractivity contribution in [3.8, 4) is 0 Å². The average Bonchev–Trinajstić information content (AvgIpc) is 2.51. The minimum Gasteiger partial charge on any atom is -0.356 e. The summed E-state index contributed by atoms with van der Waals surface area (Å²) >= 11 is 11.1. The lowest BCUT2D eigenvalue weighted by molar-refractivity contribution is 0.627. The van der Waals surface area contributed by atoms with Crippen molar-refractivity contribution in [2.45, 2.75) is 33.2 Å². The minimum absolute atomic E-state index is 0.0685. The van der Waals surface area contributed by atoms with E-state index < -0.39 is 5.82 Å². The van der Waals surface area contributed by atoms with E-state index in [0.29, 0.717) is 10.8 Å². The Morgan fingerprint density at radius 3 is 2.52 bits per heavy atom. The molecule has 2 aromatic carbocycles. The van der Waals surface area contributed by atoms with Gasteiger partial charge in [0.1, 0.15) is 5.82 Å². The van der Waals surface area contributed by atoms with E-state index in [2.05, 4.69) is 49.6 Å². The maximum atomic E-state index is 13.2.